The Morgan fingerprint density at radius 2 is 1.68 bits per heavy atom. The first-order valence-electron chi connectivity index (χ1n) is 9.90. The quantitative estimate of drug-likeness (QED) is 0.509. The largest absolute Gasteiger partial charge is 0.339 e. The van der Waals surface area contributed by atoms with Gasteiger partial charge in [-0.05, 0) is 62.4 Å². The molecular formula is C22H24ClN5O2S. The molecule has 1 N–H and O–H groups in total. The van der Waals surface area contributed by atoms with Crippen LogP contribution in [0.1, 0.15) is 24.2 Å². The van der Waals surface area contributed by atoms with Gasteiger partial charge in [-0.2, -0.15) is 0 Å². The summed E-state index contributed by atoms with van der Waals surface area (Å²) in [5, 5.41) is 12.5. The second-order valence-corrected chi connectivity index (χ2v) is 8.14. The number of carbonyl (C=O) groups is 2. The number of benzene rings is 2. The van der Waals surface area contributed by atoms with Crippen molar-refractivity contribution >= 4 is 40.9 Å². The Hall–Kier alpha value is -2.84. The zero-order valence-electron chi connectivity index (χ0n) is 17.6. The molecule has 0 saturated carbocycles. The predicted molar refractivity (Wildman–Crippen MR) is 124 cm³/mol. The van der Waals surface area contributed by atoms with Crippen molar-refractivity contribution in [2.45, 2.75) is 19.0 Å². The van der Waals surface area contributed by atoms with Gasteiger partial charge in [-0.15, -0.1) is 10.2 Å². The van der Waals surface area contributed by atoms with Crippen LogP contribution in [-0.4, -0.2) is 50.3 Å². The van der Waals surface area contributed by atoms with Gasteiger partial charge in [0.25, 0.3) is 5.91 Å². The molecule has 7 nitrogen and oxygen atoms in total. The second-order valence-electron chi connectivity index (χ2n) is 6.76. The van der Waals surface area contributed by atoms with Gasteiger partial charge in [0, 0.05) is 42.0 Å². The van der Waals surface area contributed by atoms with Gasteiger partial charge in [-0.25, -0.2) is 0 Å². The molecule has 3 aromatic rings. The molecule has 0 bridgehead atoms. The Morgan fingerprint density at radius 1 is 1.03 bits per heavy atom. The molecule has 1 heterocycles. The van der Waals surface area contributed by atoms with E-state index in [0.29, 0.717) is 40.3 Å². The maximum Gasteiger partial charge on any atom is 0.253 e. The van der Waals surface area contributed by atoms with E-state index in [2.05, 4.69) is 15.5 Å². The van der Waals surface area contributed by atoms with Crippen molar-refractivity contribution in [1.82, 2.24) is 19.7 Å². The molecule has 162 valence electrons. The first kappa shape index (κ1) is 22.8. The van der Waals surface area contributed by atoms with E-state index in [-0.39, 0.29) is 17.6 Å². The van der Waals surface area contributed by atoms with Crippen LogP contribution in [0.15, 0.2) is 53.7 Å². The Bertz CT molecular complexity index is 1050. The van der Waals surface area contributed by atoms with Crippen LogP contribution >= 0.6 is 23.4 Å². The van der Waals surface area contributed by atoms with Crippen LogP contribution in [0.4, 0.5) is 5.69 Å². The maximum atomic E-state index is 12.4. The number of halogens is 1. The summed E-state index contributed by atoms with van der Waals surface area (Å²) in [6.45, 7) is 5.21. The second kappa shape index (κ2) is 10.5. The van der Waals surface area contributed by atoms with Gasteiger partial charge in [0.05, 0.1) is 5.75 Å². The number of anilines is 1. The van der Waals surface area contributed by atoms with Crippen LogP contribution in [0.2, 0.25) is 5.02 Å². The standard InChI is InChI=1S/C22H24ClN5O2S/c1-4-28(5-2)21(30)16-8-12-18(13-9-16)24-19(29)14-31-22-26-25-20(27(22)3)15-6-10-17(23)11-7-15/h6-13H,4-5,14H2,1-3H3,(H,24,29). The lowest BCUT2D eigenvalue weighted by atomic mass is 10.2. The Labute approximate surface area is 190 Å². The minimum Gasteiger partial charge on any atom is -0.339 e. The highest BCUT2D eigenvalue weighted by atomic mass is 35.5. The SMILES string of the molecule is CCN(CC)C(=O)c1ccc(NC(=O)CSc2nnc(-c3ccc(Cl)cc3)n2C)cc1. The molecule has 0 saturated heterocycles. The molecule has 0 radical (unpaired) electrons. The number of nitrogens with one attached hydrogen (secondary N) is 1. The zero-order valence-corrected chi connectivity index (χ0v) is 19.2. The average molecular weight is 458 g/mol. The number of rotatable bonds is 8. The summed E-state index contributed by atoms with van der Waals surface area (Å²) in [5.74, 6) is 0.710. The fourth-order valence-corrected chi connectivity index (χ4v) is 3.84. The lowest BCUT2D eigenvalue weighted by molar-refractivity contribution is -0.113. The van der Waals surface area contributed by atoms with Gasteiger partial charge < -0.3 is 14.8 Å². The Morgan fingerprint density at radius 3 is 2.29 bits per heavy atom. The molecule has 0 aliphatic carbocycles. The van der Waals surface area contributed by atoms with E-state index in [0.717, 1.165) is 5.56 Å². The van der Waals surface area contributed by atoms with E-state index >= 15 is 0 Å². The molecule has 2 amide bonds. The van der Waals surface area contributed by atoms with E-state index in [1.807, 2.05) is 37.6 Å². The van der Waals surface area contributed by atoms with Crippen molar-refractivity contribution in [1.29, 1.82) is 0 Å². The Balaban J connectivity index is 1.57. The smallest absolute Gasteiger partial charge is 0.253 e. The van der Waals surface area contributed by atoms with Gasteiger partial charge in [0.15, 0.2) is 11.0 Å². The van der Waals surface area contributed by atoms with Crippen LogP contribution in [0.3, 0.4) is 0 Å². The summed E-state index contributed by atoms with van der Waals surface area (Å²) >= 11 is 7.24. The van der Waals surface area contributed by atoms with Crippen molar-refractivity contribution in [2.24, 2.45) is 7.05 Å². The van der Waals surface area contributed by atoms with Crippen molar-refractivity contribution in [3.05, 3.63) is 59.1 Å². The van der Waals surface area contributed by atoms with Crippen molar-refractivity contribution in [2.75, 3.05) is 24.2 Å². The van der Waals surface area contributed by atoms with Crippen LogP contribution in [0.25, 0.3) is 11.4 Å². The van der Waals surface area contributed by atoms with Gasteiger partial charge in [-0.1, -0.05) is 23.4 Å². The van der Waals surface area contributed by atoms with Gasteiger partial charge in [0.1, 0.15) is 0 Å². The topological polar surface area (TPSA) is 80.1 Å². The summed E-state index contributed by atoms with van der Waals surface area (Å²) < 4.78 is 1.84. The van der Waals surface area contributed by atoms with Crippen molar-refractivity contribution in [3.8, 4) is 11.4 Å². The highest BCUT2D eigenvalue weighted by molar-refractivity contribution is 7.99. The summed E-state index contributed by atoms with van der Waals surface area (Å²) in [7, 11) is 1.86. The number of aromatic nitrogens is 3. The molecule has 31 heavy (non-hydrogen) atoms. The lowest BCUT2D eigenvalue weighted by Crippen LogP contribution is -2.30. The molecular weight excluding hydrogens is 434 g/mol. The number of nitrogens with zero attached hydrogens (tertiary/aromatic N) is 4. The maximum absolute atomic E-state index is 12.4. The fraction of sp³-hybridized carbons (Fsp3) is 0.273. The third kappa shape index (κ3) is 5.65. The number of thioether (sulfide) groups is 1. The Kier molecular flexibility index (Phi) is 7.70. The highest BCUT2D eigenvalue weighted by Gasteiger charge is 2.14. The summed E-state index contributed by atoms with van der Waals surface area (Å²) in [5.41, 5.74) is 2.14. The third-order valence-corrected chi connectivity index (χ3v) is 6.01. The van der Waals surface area contributed by atoms with E-state index in [4.69, 9.17) is 11.6 Å². The van der Waals surface area contributed by atoms with E-state index < -0.39 is 0 Å². The number of carbonyl (C=O) groups excluding carboxylic acids is 2. The van der Waals surface area contributed by atoms with Gasteiger partial charge >= 0.3 is 0 Å². The molecule has 0 unspecified atom stereocenters. The third-order valence-electron chi connectivity index (χ3n) is 4.74. The van der Waals surface area contributed by atoms with E-state index in [1.165, 1.54) is 11.8 Å². The molecule has 0 aliphatic heterocycles. The molecule has 9 heteroatoms. The lowest BCUT2D eigenvalue weighted by Gasteiger charge is -2.18. The number of hydrogen-bond donors (Lipinski definition) is 1. The predicted octanol–water partition coefficient (Wildman–Crippen LogP) is 4.35. The van der Waals surface area contributed by atoms with Crippen LogP contribution < -0.4 is 5.32 Å². The summed E-state index contributed by atoms with van der Waals surface area (Å²) in [6, 6.07) is 14.3. The molecule has 0 aliphatic rings. The molecule has 0 atom stereocenters. The normalized spacial score (nSPS) is 10.7. The molecule has 1 aromatic heterocycles. The molecule has 0 spiro atoms. The number of amides is 2. The van der Waals surface area contributed by atoms with Gasteiger partial charge in [-0.3, -0.25) is 9.59 Å². The minimum atomic E-state index is -0.163. The van der Waals surface area contributed by atoms with E-state index in [9.17, 15) is 9.59 Å². The molecule has 0 fully saturated rings. The van der Waals surface area contributed by atoms with Crippen LogP contribution in [0.5, 0.6) is 0 Å². The van der Waals surface area contributed by atoms with Gasteiger partial charge in [0.2, 0.25) is 5.91 Å². The summed E-state index contributed by atoms with van der Waals surface area (Å²) in [4.78, 5) is 26.5. The average Bonchev–Trinajstić information content (AvgIpc) is 3.14. The first-order valence-corrected chi connectivity index (χ1v) is 11.3. The monoisotopic (exact) mass is 457 g/mol. The van der Waals surface area contributed by atoms with Crippen molar-refractivity contribution < 1.29 is 9.59 Å². The van der Waals surface area contributed by atoms with Crippen molar-refractivity contribution in [3.63, 3.8) is 0 Å². The first-order chi connectivity index (χ1) is 14.9. The fourth-order valence-electron chi connectivity index (χ4n) is 3.01. The molecule has 3 rings (SSSR count). The summed E-state index contributed by atoms with van der Waals surface area (Å²) in [6.07, 6.45) is 0. The highest BCUT2D eigenvalue weighted by Crippen LogP contribution is 2.24. The van der Waals surface area contributed by atoms with E-state index in [1.54, 1.807) is 41.3 Å². The van der Waals surface area contributed by atoms with Crippen LogP contribution in [0, 0.1) is 0 Å². The molecule has 2 aromatic carbocycles. The van der Waals surface area contributed by atoms with Crippen LogP contribution in [-0.2, 0) is 11.8 Å². The minimum absolute atomic E-state index is 0.0165. The zero-order chi connectivity index (χ0) is 22.4. The number of hydrogen-bond acceptors (Lipinski definition) is 5.